The summed E-state index contributed by atoms with van der Waals surface area (Å²) in [4.78, 5) is 17.2. The predicted octanol–water partition coefficient (Wildman–Crippen LogP) is 3.91. The SMILES string of the molecule is O=C(Nc1ccccc1)N1CCCCN2[C@H](C1)[C@@H](c1ccc(Br)cc1)[C@@H]2CO. The highest BCUT2D eigenvalue weighted by molar-refractivity contribution is 9.10. The number of carbonyl (C=O) groups excluding carboxylic acids is 1. The number of amides is 2. The van der Waals surface area contributed by atoms with E-state index in [1.807, 2.05) is 35.2 Å². The number of halogens is 1. The van der Waals surface area contributed by atoms with Gasteiger partial charge in [-0.05, 0) is 49.2 Å². The number of hydrogen-bond donors (Lipinski definition) is 2. The first kappa shape index (κ1) is 19.4. The lowest BCUT2D eigenvalue weighted by Gasteiger charge is -2.57. The van der Waals surface area contributed by atoms with Crippen molar-refractivity contribution in [2.75, 3.05) is 31.6 Å². The van der Waals surface area contributed by atoms with Gasteiger partial charge in [0.2, 0.25) is 0 Å². The number of nitrogens with zero attached hydrogens (tertiary/aromatic N) is 2. The molecule has 2 heterocycles. The van der Waals surface area contributed by atoms with Gasteiger partial charge in [0.25, 0.3) is 0 Å². The molecule has 2 amide bonds. The molecule has 4 rings (SSSR count). The number of benzene rings is 2. The van der Waals surface area contributed by atoms with E-state index in [4.69, 9.17) is 0 Å². The molecule has 0 bridgehead atoms. The second kappa shape index (κ2) is 8.64. The molecule has 3 atom stereocenters. The number of para-hydroxylation sites is 1. The Morgan fingerprint density at radius 1 is 1.07 bits per heavy atom. The zero-order valence-corrected chi connectivity index (χ0v) is 17.4. The van der Waals surface area contributed by atoms with E-state index < -0.39 is 0 Å². The van der Waals surface area contributed by atoms with Gasteiger partial charge in [-0.15, -0.1) is 0 Å². The maximum atomic E-state index is 12.9. The fourth-order valence-electron chi connectivity index (χ4n) is 4.53. The van der Waals surface area contributed by atoms with Crippen LogP contribution >= 0.6 is 15.9 Å². The Labute approximate surface area is 174 Å². The second-order valence-electron chi connectivity index (χ2n) is 7.58. The van der Waals surface area contributed by atoms with Gasteiger partial charge in [0.15, 0.2) is 0 Å². The summed E-state index contributed by atoms with van der Waals surface area (Å²) in [6.45, 7) is 2.57. The molecule has 2 aliphatic heterocycles. The van der Waals surface area contributed by atoms with E-state index in [2.05, 4.69) is 50.4 Å². The van der Waals surface area contributed by atoms with Crippen LogP contribution in [0.3, 0.4) is 0 Å². The number of aliphatic hydroxyl groups is 1. The van der Waals surface area contributed by atoms with Crippen LogP contribution in [0.15, 0.2) is 59.1 Å². The van der Waals surface area contributed by atoms with Crippen molar-refractivity contribution in [3.8, 4) is 0 Å². The van der Waals surface area contributed by atoms with E-state index in [0.717, 1.165) is 36.1 Å². The van der Waals surface area contributed by atoms with Gasteiger partial charge in [0.1, 0.15) is 0 Å². The van der Waals surface area contributed by atoms with Gasteiger partial charge < -0.3 is 15.3 Å². The maximum absolute atomic E-state index is 12.9. The van der Waals surface area contributed by atoms with Crippen LogP contribution in [0.4, 0.5) is 10.5 Å². The van der Waals surface area contributed by atoms with E-state index >= 15 is 0 Å². The quantitative estimate of drug-likeness (QED) is 0.755. The van der Waals surface area contributed by atoms with E-state index in [9.17, 15) is 9.90 Å². The van der Waals surface area contributed by atoms with Gasteiger partial charge in [0.05, 0.1) is 6.61 Å². The van der Waals surface area contributed by atoms with Crippen LogP contribution in [0.25, 0.3) is 0 Å². The molecule has 5 nitrogen and oxygen atoms in total. The van der Waals surface area contributed by atoms with Crippen molar-refractivity contribution in [1.82, 2.24) is 9.80 Å². The Kier molecular flexibility index (Phi) is 5.99. The van der Waals surface area contributed by atoms with Crippen LogP contribution in [-0.2, 0) is 0 Å². The smallest absolute Gasteiger partial charge is 0.321 e. The Balaban J connectivity index is 1.52. The van der Waals surface area contributed by atoms with Gasteiger partial charge in [-0.2, -0.15) is 0 Å². The molecule has 6 heteroatoms. The average molecular weight is 444 g/mol. The van der Waals surface area contributed by atoms with E-state index in [1.165, 1.54) is 5.56 Å². The molecule has 2 aromatic carbocycles. The third kappa shape index (κ3) is 3.95. The van der Waals surface area contributed by atoms with Gasteiger partial charge in [-0.1, -0.05) is 46.3 Å². The molecule has 2 aliphatic rings. The zero-order valence-electron chi connectivity index (χ0n) is 15.8. The van der Waals surface area contributed by atoms with Crippen molar-refractivity contribution in [3.05, 3.63) is 64.6 Å². The first-order valence-electron chi connectivity index (χ1n) is 9.90. The van der Waals surface area contributed by atoms with Gasteiger partial charge in [-0.3, -0.25) is 4.90 Å². The molecule has 2 aromatic rings. The van der Waals surface area contributed by atoms with E-state index in [0.29, 0.717) is 6.54 Å². The summed E-state index contributed by atoms with van der Waals surface area (Å²) in [5.41, 5.74) is 2.05. The molecule has 0 unspecified atom stereocenters. The number of urea groups is 1. The van der Waals surface area contributed by atoms with Crippen molar-refractivity contribution >= 4 is 27.6 Å². The third-order valence-corrected chi connectivity index (χ3v) is 6.47. The lowest BCUT2D eigenvalue weighted by Crippen LogP contribution is -2.68. The molecule has 0 aromatic heterocycles. The van der Waals surface area contributed by atoms with Gasteiger partial charge in [0, 0.05) is 41.3 Å². The summed E-state index contributed by atoms with van der Waals surface area (Å²) in [6, 6.07) is 18.3. The monoisotopic (exact) mass is 443 g/mol. The molecule has 0 radical (unpaired) electrons. The summed E-state index contributed by atoms with van der Waals surface area (Å²) < 4.78 is 1.05. The molecule has 28 heavy (non-hydrogen) atoms. The number of carbonyl (C=O) groups is 1. The minimum atomic E-state index is -0.0462. The minimum Gasteiger partial charge on any atom is -0.395 e. The summed E-state index contributed by atoms with van der Waals surface area (Å²) in [5, 5.41) is 13.0. The molecule has 0 spiro atoms. The van der Waals surface area contributed by atoms with Crippen LogP contribution in [0.5, 0.6) is 0 Å². The van der Waals surface area contributed by atoms with Gasteiger partial charge in [-0.25, -0.2) is 4.79 Å². The number of aliphatic hydroxyl groups excluding tert-OH is 1. The van der Waals surface area contributed by atoms with Crippen molar-refractivity contribution in [3.63, 3.8) is 0 Å². The largest absolute Gasteiger partial charge is 0.395 e. The van der Waals surface area contributed by atoms with Crippen molar-refractivity contribution in [2.24, 2.45) is 0 Å². The number of nitrogens with one attached hydrogen (secondary N) is 1. The Morgan fingerprint density at radius 3 is 2.50 bits per heavy atom. The minimum absolute atomic E-state index is 0.0462. The van der Waals surface area contributed by atoms with Crippen LogP contribution < -0.4 is 5.32 Å². The summed E-state index contributed by atoms with van der Waals surface area (Å²) in [6.07, 6.45) is 2.02. The molecule has 2 saturated heterocycles. The molecule has 148 valence electrons. The highest BCUT2D eigenvalue weighted by Gasteiger charge is 2.49. The van der Waals surface area contributed by atoms with Crippen LogP contribution in [-0.4, -0.2) is 59.3 Å². The Bertz CT molecular complexity index is 799. The molecular formula is C22H26BrN3O2. The van der Waals surface area contributed by atoms with Crippen molar-refractivity contribution in [1.29, 1.82) is 0 Å². The summed E-state index contributed by atoms with van der Waals surface area (Å²) in [5.74, 6) is 0.239. The number of fused-ring (bicyclic) bond motifs is 1. The Morgan fingerprint density at radius 2 is 1.79 bits per heavy atom. The second-order valence-corrected chi connectivity index (χ2v) is 8.50. The van der Waals surface area contributed by atoms with Crippen LogP contribution in [0, 0.1) is 0 Å². The lowest BCUT2D eigenvalue weighted by molar-refractivity contribution is -0.0585. The van der Waals surface area contributed by atoms with E-state index in [-0.39, 0.29) is 30.6 Å². The van der Waals surface area contributed by atoms with Crippen LogP contribution in [0.1, 0.15) is 24.3 Å². The molecule has 0 aliphatic carbocycles. The first-order chi connectivity index (χ1) is 13.7. The van der Waals surface area contributed by atoms with Crippen molar-refractivity contribution in [2.45, 2.75) is 30.8 Å². The average Bonchev–Trinajstić information content (AvgIpc) is 2.69. The topological polar surface area (TPSA) is 55.8 Å². The van der Waals surface area contributed by atoms with Gasteiger partial charge >= 0.3 is 6.03 Å². The maximum Gasteiger partial charge on any atom is 0.321 e. The first-order valence-corrected chi connectivity index (χ1v) is 10.7. The van der Waals surface area contributed by atoms with Crippen molar-refractivity contribution < 1.29 is 9.90 Å². The molecule has 2 fully saturated rings. The zero-order chi connectivity index (χ0) is 19.5. The summed E-state index contributed by atoms with van der Waals surface area (Å²) >= 11 is 3.50. The molecular weight excluding hydrogens is 418 g/mol. The number of hydrogen-bond acceptors (Lipinski definition) is 3. The highest BCUT2D eigenvalue weighted by atomic mass is 79.9. The number of anilines is 1. The fourth-order valence-corrected chi connectivity index (χ4v) is 4.80. The molecule has 0 saturated carbocycles. The van der Waals surface area contributed by atoms with E-state index in [1.54, 1.807) is 0 Å². The Hall–Kier alpha value is -1.89. The standard InChI is InChI=1S/C22H26BrN3O2/c23-17-10-8-16(9-11-17)21-19-14-25(12-4-5-13-26(19)20(21)15-27)22(28)24-18-6-2-1-3-7-18/h1-3,6-11,19-21,27H,4-5,12-15H2,(H,24,28)/t19-,20+,21-/m1/s1. The molecule has 2 N–H and O–H groups in total. The fraction of sp³-hybridized carbons (Fsp3) is 0.409. The normalized spacial score (nSPS) is 25.2. The number of rotatable bonds is 3. The predicted molar refractivity (Wildman–Crippen MR) is 115 cm³/mol. The third-order valence-electron chi connectivity index (χ3n) is 5.94. The highest BCUT2D eigenvalue weighted by Crippen LogP contribution is 2.42. The lowest BCUT2D eigenvalue weighted by atomic mass is 9.74. The summed E-state index contributed by atoms with van der Waals surface area (Å²) in [7, 11) is 0. The van der Waals surface area contributed by atoms with Crippen LogP contribution in [0.2, 0.25) is 0 Å².